The predicted octanol–water partition coefficient (Wildman–Crippen LogP) is 4.80. The molecule has 1 aliphatic carbocycles. The second-order valence-corrected chi connectivity index (χ2v) is 8.33. The fourth-order valence-electron chi connectivity index (χ4n) is 3.41. The van der Waals surface area contributed by atoms with Crippen molar-refractivity contribution in [3.05, 3.63) is 65.0 Å². The van der Waals surface area contributed by atoms with Crippen molar-refractivity contribution < 1.29 is 4.79 Å². The van der Waals surface area contributed by atoms with Gasteiger partial charge in [-0.15, -0.1) is 5.10 Å². The fraction of sp³-hybridized carbons (Fsp3) is 0.318. The standard InChI is InChI=1S/C22H24N4OS/c1-14-11-15(2)20(16(3)12-14)23-19(27)13-28-22-24-21(17-9-10-17)26(25-22)18-7-5-4-6-8-18/h4-8,11-12,17H,9-10,13H2,1-3H3,(H,23,27). The Kier molecular flexibility index (Phi) is 5.22. The Hall–Kier alpha value is -2.60. The van der Waals surface area contributed by atoms with E-state index < -0.39 is 0 Å². The first-order valence-corrected chi connectivity index (χ1v) is 10.5. The number of rotatable bonds is 6. The van der Waals surface area contributed by atoms with Gasteiger partial charge in [0.2, 0.25) is 11.1 Å². The number of para-hydroxylation sites is 1. The largest absolute Gasteiger partial charge is 0.325 e. The van der Waals surface area contributed by atoms with Gasteiger partial charge in [-0.1, -0.05) is 47.7 Å². The molecule has 5 nitrogen and oxygen atoms in total. The number of benzene rings is 2. The highest BCUT2D eigenvalue weighted by molar-refractivity contribution is 7.99. The lowest BCUT2D eigenvalue weighted by Crippen LogP contribution is -2.16. The summed E-state index contributed by atoms with van der Waals surface area (Å²) in [5, 5.41) is 8.35. The van der Waals surface area contributed by atoms with Gasteiger partial charge in [0, 0.05) is 11.6 Å². The zero-order chi connectivity index (χ0) is 19.7. The topological polar surface area (TPSA) is 59.8 Å². The molecule has 28 heavy (non-hydrogen) atoms. The number of hydrogen-bond acceptors (Lipinski definition) is 4. The molecule has 0 saturated heterocycles. The van der Waals surface area contributed by atoms with Crippen LogP contribution in [0.5, 0.6) is 0 Å². The third-order valence-corrected chi connectivity index (χ3v) is 5.67. The molecule has 1 saturated carbocycles. The minimum atomic E-state index is -0.0379. The molecule has 4 rings (SSSR count). The molecule has 3 aromatic rings. The third-order valence-electron chi connectivity index (χ3n) is 4.83. The van der Waals surface area contributed by atoms with Crippen LogP contribution in [-0.2, 0) is 4.79 Å². The zero-order valence-corrected chi connectivity index (χ0v) is 17.2. The Morgan fingerprint density at radius 1 is 1.14 bits per heavy atom. The maximum Gasteiger partial charge on any atom is 0.234 e. The van der Waals surface area contributed by atoms with Gasteiger partial charge in [0.25, 0.3) is 0 Å². The maximum absolute atomic E-state index is 12.5. The number of amides is 1. The molecule has 0 aliphatic heterocycles. The summed E-state index contributed by atoms with van der Waals surface area (Å²) in [7, 11) is 0. The second-order valence-electron chi connectivity index (χ2n) is 7.38. The van der Waals surface area contributed by atoms with E-state index in [1.165, 1.54) is 17.3 Å². The number of hydrogen-bond donors (Lipinski definition) is 1. The summed E-state index contributed by atoms with van der Waals surface area (Å²) in [6.45, 7) is 6.11. The quantitative estimate of drug-likeness (QED) is 0.612. The average Bonchev–Trinajstić information content (AvgIpc) is 3.43. The Labute approximate surface area is 169 Å². The number of carbonyl (C=O) groups excluding carboxylic acids is 1. The molecule has 6 heteroatoms. The van der Waals surface area contributed by atoms with Crippen LogP contribution in [0.4, 0.5) is 5.69 Å². The van der Waals surface area contributed by atoms with E-state index in [0.29, 0.717) is 11.1 Å². The van der Waals surface area contributed by atoms with Crippen LogP contribution in [-0.4, -0.2) is 26.4 Å². The lowest BCUT2D eigenvalue weighted by Gasteiger charge is -2.12. The van der Waals surface area contributed by atoms with Crippen LogP contribution in [0.25, 0.3) is 5.69 Å². The highest BCUT2D eigenvalue weighted by atomic mass is 32.2. The first kappa shape index (κ1) is 18.7. The minimum absolute atomic E-state index is 0.0379. The number of thioether (sulfide) groups is 1. The molecule has 0 spiro atoms. The molecule has 0 radical (unpaired) electrons. The number of anilines is 1. The Morgan fingerprint density at radius 3 is 2.46 bits per heavy atom. The van der Waals surface area contributed by atoms with Crippen molar-refractivity contribution in [1.82, 2.24) is 14.8 Å². The first-order valence-electron chi connectivity index (χ1n) is 9.54. The molecule has 1 aromatic heterocycles. The number of nitrogens with zero attached hydrogens (tertiary/aromatic N) is 3. The van der Waals surface area contributed by atoms with Gasteiger partial charge < -0.3 is 5.32 Å². The highest BCUT2D eigenvalue weighted by Crippen LogP contribution is 2.40. The Bertz CT molecular complexity index is 986. The summed E-state index contributed by atoms with van der Waals surface area (Å²) in [4.78, 5) is 17.2. The summed E-state index contributed by atoms with van der Waals surface area (Å²) < 4.78 is 1.92. The molecule has 0 bridgehead atoms. The van der Waals surface area contributed by atoms with Gasteiger partial charge in [0.15, 0.2) is 0 Å². The molecule has 1 aliphatic rings. The van der Waals surface area contributed by atoms with Crippen LogP contribution >= 0.6 is 11.8 Å². The lowest BCUT2D eigenvalue weighted by molar-refractivity contribution is -0.113. The summed E-state index contributed by atoms with van der Waals surface area (Å²) >= 11 is 1.38. The van der Waals surface area contributed by atoms with Crippen LogP contribution in [0, 0.1) is 20.8 Å². The molecule has 0 atom stereocenters. The highest BCUT2D eigenvalue weighted by Gasteiger charge is 2.30. The van der Waals surface area contributed by atoms with E-state index in [4.69, 9.17) is 4.98 Å². The van der Waals surface area contributed by atoms with Gasteiger partial charge in [-0.3, -0.25) is 4.79 Å². The van der Waals surface area contributed by atoms with E-state index in [-0.39, 0.29) is 11.7 Å². The van der Waals surface area contributed by atoms with E-state index in [0.717, 1.165) is 41.2 Å². The molecule has 144 valence electrons. The number of aryl methyl sites for hydroxylation is 3. The zero-order valence-electron chi connectivity index (χ0n) is 16.4. The van der Waals surface area contributed by atoms with Crippen molar-refractivity contribution in [3.8, 4) is 5.69 Å². The normalized spacial score (nSPS) is 13.5. The summed E-state index contributed by atoms with van der Waals surface area (Å²) in [5.74, 6) is 1.73. The second kappa shape index (κ2) is 7.80. The molecule has 1 amide bonds. The molecule has 1 N–H and O–H groups in total. The van der Waals surface area contributed by atoms with Gasteiger partial charge in [0.1, 0.15) is 5.82 Å². The van der Waals surface area contributed by atoms with Gasteiger partial charge in [-0.2, -0.15) is 0 Å². The van der Waals surface area contributed by atoms with Crippen LogP contribution in [0.15, 0.2) is 47.6 Å². The van der Waals surface area contributed by atoms with Crippen LogP contribution in [0.2, 0.25) is 0 Å². The van der Waals surface area contributed by atoms with Gasteiger partial charge in [-0.25, -0.2) is 9.67 Å². The average molecular weight is 393 g/mol. The Balaban J connectivity index is 1.46. The number of nitrogens with one attached hydrogen (secondary N) is 1. The minimum Gasteiger partial charge on any atom is -0.325 e. The first-order chi connectivity index (χ1) is 13.5. The molecule has 0 unspecified atom stereocenters. The van der Waals surface area contributed by atoms with Crippen LogP contribution in [0.1, 0.15) is 41.3 Å². The molecular formula is C22H24N4OS. The van der Waals surface area contributed by atoms with Crippen molar-refractivity contribution in [2.24, 2.45) is 0 Å². The Morgan fingerprint density at radius 2 is 1.82 bits per heavy atom. The van der Waals surface area contributed by atoms with Crippen LogP contribution < -0.4 is 5.32 Å². The van der Waals surface area contributed by atoms with E-state index in [1.54, 1.807) is 0 Å². The van der Waals surface area contributed by atoms with Gasteiger partial charge in [0.05, 0.1) is 11.4 Å². The third kappa shape index (κ3) is 4.12. The van der Waals surface area contributed by atoms with Gasteiger partial charge in [-0.05, 0) is 56.9 Å². The summed E-state index contributed by atoms with van der Waals surface area (Å²) in [5.41, 5.74) is 5.28. The maximum atomic E-state index is 12.5. The van der Waals surface area contributed by atoms with Crippen molar-refractivity contribution in [2.45, 2.75) is 44.7 Å². The van der Waals surface area contributed by atoms with Crippen molar-refractivity contribution in [3.63, 3.8) is 0 Å². The molecular weight excluding hydrogens is 368 g/mol. The van der Waals surface area contributed by atoms with E-state index in [9.17, 15) is 4.79 Å². The van der Waals surface area contributed by atoms with E-state index >= 15 is 0 Å². The lowest BCUT2D eigenvalue weighted by atomic mass is 10.1. The van der Waals surface area contributed by atoms with Crippen LogP contribution in [0.3, 0.4) is 0 Å². The molecule has 1 heterocycles. The van der Waals surface area contributed by atoms with Crippen molar-refractivity contribution >= 4 is 23.4 Å². The van der Waals surface area contributed by atoms with E-state index in [1.807, 2.05) is 48.9 Å². The van der Waals surface area contributed by atoms with E-state index in [2.05, 4.69) is 29.5 Å². The smallest absolute Gasteiger partial charge is 0.234 e. The summed E-state index contributed by atoms with van der Waals surface area (Å²) in [6.07, 6.45) is 2.31. The molecule has 1 fully saturated rings. The number of aromatic nitrogens is 3. The summed E-state index contributed by atoms with van der Waals surface area (Å²) in [6, 6.07) is 14.2. The fourth-order valence-corrected chi connectivity index (χ4v) is 4.04. The monoisotopic (exact) mass is 392 g/mol. The SMILES string of the molecule is Cc1cc(C)c(NC(=O)CSc2nc(C3CC3)n(-c3ccccc3)n2)c(C)c1. The molecule has 2 aromatic carbocycles. The number of carbonyl (C=O) groups is 1. The predicted molar refractivity (Wildman–Crippen MR) is 113 cm³/mol. The van der Waals surface area contributed by atoms with Crippen molar-refractivity contribution in [1.29, 1.82) is 0 Å². The van der Waals surface area contributed by atoms with Crippen molar-refractivity contribution in [2.75, 3.05) is 11.1 Å². The van der Waals surface area contributed by atoms with Gasteiger partial charge >= 0.3 is 0 Å².